The summed E-state index contributed by atoms with van der Waals surface area (Å²) < 4.78 is 0. The summed E-state index contributed by atoms with van der Waals surface area (Å²) in [6, 6.07) is 24.9. The normalized spacial score (nSPS) is 11.5. The Balaban J connectivity index is 2.10. The summed E-state index contributed by atoms with van der Waals surface area (Å²) >= 11 is 0. The van der Waals surface area contributed by atoms with E-state index in [4.69, 9.17) is 0 Å². The second-order valence-corrected chi connectivity index (χ2v) is 7.64. The fourth-order valence-electron chi connectivity index (χ4n) is 2.67. The molecule has 19 heavy (non-hydrogen) atoms. The van der Waals surface area contributed by atoms with Crippen LogP contribution in [0, 0.1) is 0 Å². The van der Waals surface area contributed by atoms with Gasteiger partial charge in [0.15, 0.2) is 0 Å². The Hall–Kier alpha value is -1.34. The molecule has 2 rings (SSSR count). The van der Waals surface area contributed by atoms with Crippen LogP contribution in [0.15, 0.2) is 60.7 Å². The van der Waals surface area contributed by atoms with Crippen molar-refractivity contribution in [2.45, 2.75) is 37.8 Å². The van der Waals surface area contributed by atoms with Crippen LogP contribution in [0.3, 0.4) is 0 Å². The second-order valence-electron chi connectivity index (χ2n) is 5.22. The van der Waals surface area contributed by atoms with E-state index in [9.17, 15) is 0 Å². The number of benzene rings is 2. The van der Waals surface area contributed by atoms with Crippen molar-refractivity contribution < 1.29 is 0 Å². The summed E-state index contributed by atoms with van der Waals surface area (Å²) in [5.41, 5.74) is 2.93. The molecule has 0 fully saturated rings. The van der Waals surface area contributed by atoms with E-state index in [1.807, 2.05) is 0 Å². The molecule has 0 nitrogen and oxygen atoms in total. The molecule has 0 heterocycles. The standard InChI is InChI=1S/C18H24Si/c1-2-19-15-9-14-18(16-10-5-3-6-11-16)17-12-7-4-8-13-17/h3-8,10-13,18H,2,9,14-15,19H2,1H3. The SMILES string of the molecule is CC[SiH2]CCCC(c1ccccc1)c1ccccc1. The van der Waals surface area contributed by atoms with Crippen molar-refractivity contribution in [2.75, 3.05) is 0 Å². The van der Waals surface area contributed by atoms with Crippen molar-refractivity contribution in [2.24, 2.45) is 0 Å². The molecule has 0 spiro atoms. The molecule has 0 aromatic heterocycles. The van der Waals surface area contributed by atoms with E-state index in [1.165, 1.54) is 36.1 Å². The number of rotatable bonds is 7. The summed E-state index contributed by atoms with van der Waals surface area (Å²) in [5.74, 6) is 0.577. The van der Waals surface area contributed by atoms with Gasteiger partial charge in [-0.1, -0.05) is 86.1 Å². The maximum atomic E-state index is 2.33. The Morgan fingerprint density at radius 3 is 1.84 bits per heavy atom. The molecule has 0 aliphatic carbocycles. The van der Waals surface area contributed by atoms with Gasteiger partial charge in [0.1, 0.15) is 0 Å². The van der Waals surface area contributed by atoms with Gasteiger partial charge in [-0.15, -0.1) is 0 Å². The summed E-state index contributed by atoms with van der Waals surface area (Å²) in [6.07, 6.45) is 2.68. The molecule has 2 aromatic rings. The Bertz CT molecular complexity index is 410. The summed E-state index contributed by atoms with van der Waals surface area (Å²) in [7, 11) is 0.219. The van der Waals surface area contributed by atoms with Crippen molar-refractivity contribution in [3.05, 3.63) is 71.8 Å². The second kappa shape index (κ2) is 7.95. The lowest BCUT2D eigenvalue weighted by Gasteiger charge is -2.18. The molecule has 0 N–H and O–H groups in total. The fourth-order valence-corrected chi connectivity index (χ4v) is 3.81. The highest BCUT2D eigenvalue weighted by atomic mass is 28.2. The summed E-state index contributed by atoms with van der Waals surface area (Å²) in [6.45, 7) is 2.33. The molecule has 0 aliphatic heterocycles. The van der Waals surface area contributed by atoms with Crippen LogP contribution in [0.25, 0.3) is 0 Å². The Morgan fingerprint density at radius 1 is 0.842 bits per heavy atom. The van der Waals surface area contributed by atoms with E-state index in [-0.39, 0.29) is 9.52 Å². The zero-order chi connectivity index (χ0) is 13.3. The van der Waals surface area contributed by atoms with Crippen molar-refractivity contribution >= 4 is 9.52 Å². The van der Waals surface area contributed by atoms with E-state index in [0.717, 1.165) is 0 Å². The molecule has 0 bridgehead atoms. The first-order valence-corrected chi connectivity index (χ1v) is 9.51. The number of hydrogen-bond acceptors (Lipinski definition) is 0. The van der Waals surface area contributed by atoms with Gasteiger partial charge in [-0.2, -0.15) is 0 Å². The number of hydrogen-bond donors (Lipinski definition) is 0. The summed E-state index contributed by atoms with van der Waals surface area (Å²) in [5, 5.41) is 0. The van der Waals surface area contributed by atoms with Crippen molar-refractivity contribution in [1.29, 1.82) is 0 Å². The largest absolute Gasteiger partial charge is 0.0683 e. The average molecular weight is 268 g/mol. The van der Waals surface area contributed by atoms with Crippen LogP contribution < -0.4 is 0 Å². The van der Waals surface area contributed by atoms with Crippen LogP contribution in [-0.4, -0.2) is 9.52 Å². The minimum atomic E-state index is 0.219. The van der Waals surface area contributed by atoms with Crippen LogP contribution >= 0.6 is 0 Å². The quantitative estimate of drug-likeness (QED) is 0.507. The third kappa shape index (κ3) is 4.36. The maximum Gasteiger partial charge on any atom is 0.0195 e. The highest BCUT2D eigenvalue weighted by molar-refractivity contribution is 6.35. The van der Waals surface area contributed by atoms with Crippen LogP contribution in [0.4, 0.5) is 0 Å². The fraction of sp³-hybridized carbons (Fsp3) is 0.333. The lowest BCUT2D eigenvalue weighted by molar-refractivity contribution is 0.696. The molecule has 0 unspecified atom stereocenters. The smallest absolute Gasteiger partial charge is 0.0195 e. The molecule has 0 saturated carbocycles. The van der Waals surface area contributed by atoms with E-state index in [1.54, 1.807) is 0 Å². The Labute approximate surface area is 119 Å². The lowest BCUT2D eigenvalue weighted by atomic mass is 9.88. The first-order valence-electron chi connectivity index (χ1n) is 7.51. The van der Waals surface area contributed by atoms with Gasteiger partial charge in [-0.3, -0.25) is 0 Å². The van der Waals surface area contributed by atoms with Crippen molar-refractivity contribution in [3.63, 3.8) is 0 Å². The van der Waals surface area contributed by atoms with Gasteiger partial charge >= 0.3 is 0 Å². The van der Waals surface area contributed by atoms with E-state index < -0.39 is 0 Å². The van der Waals surface area contributed by atoms with Crippen LogP contribution in [0.5, 0.6) is 0 Å². The minimum absolute atomic E-state index is 0.219. The monoisotopic (exact) mass is 268 g/mol. The van der Waals surface area contributed by atoms with E-state index in [0.29, 0.717) is 5.92 Å². The van der Waals surface area contributed by atoms with Crippen LogP contribution in [-0.2, 0) is 0 Å². The molecule has 100 valence electrons. The summed E-state index contributed by atoms with van der Waals surface area (Å²) in [4.78, 5) is 0. The molecular weight excluding hydrogens is 244 g/mol. The first kappa shape index (κ1) is 14.1. The topological polar surface area (TPSA) is 0 Å². The molecule has 0 aliphatic rings. The van der Waals surface area contributed by atoms with Crippen LogP contribution in [0.1, 0.15) is 36.8 Å². The molecule has 0 radical (unpaired) electrons. The highest BCUT2D eigenvalue weighted by Gasteiger charge is 2.12. The first-order chi connectivity index (χ1) is 9.42. The van der Waals surface area contributed by atoms with Gasteiger partial charge < -0.3 is 0 Å². The predicted molar refractivity (Wildman–Crippen MR) is 87.8 cm³/mol. The molecule has 0 atom stereocenters. The minimum Gasteiger partial charge on any atom is -0.0683 e. The molecule has 0 amide bonds. The zero-order valence-electron chi connectivity index (χ0n) is 11.9. The third-order valence-electron chi connectivity index (χ3n) is 3.75. The maximum absolute atomic E-state index is 2.33. The van der Waals surface area contributed by atoms with Gasteiger partial charge in [0.25, 0.3) is 0 Å². The van der Waals surface area contributed by atoms with Crippen molar-refractivity contribution in [3.8, 4) is 0 Å². The molecule has 0 saturated heterocycles. The van der Waals surface area contributed by atoms with Gasteiger partial charge in [0.2, 0.25) is 0 Å². The van der Waals surface area contributed by atoms with Gasteiger partial charge in [0.05, 0.1) is 0 Å². The molecular formula is C18H24Si. The lowest BCUT2D eigenvalue weighted by Crippen LogP contribution is -2.01. The Kier molecular flexibility index (Phi) is 5.89. The van der Waals surface area contributed by atoms with Gasteiger partial charge in [-0.05, 0) is 17.5 Å². The average Bonchev–Trinajstić information content (AvgIpc) is 2.49. The Morgan fingerprint density at radius 2 is 1.37 bits per heavy atom. The van der Waals surface area contributed by atoms with Gasteiger partial charge in [0, 0.05) is 15.4 Å². The molecule has 2 aromatic carbocycles. The van der Waals surface area contributed by atoms with Crippen molar-refractivity contribution in [1.82, 2.24) is 0 Å². The van der Waals surface area contributed by atoms with Gasteiger partial charge in [-0.25, -0.2) is 0 Å². The molecule has 1 heteroatoms. The third-order valence-corrected chi connectivity index (χ3v) is 5.46. The van der Waals surface area contributed by atoms with E-state index in [2.05, 4.69) is 67.6 Å². The predicted octanol–water partition coefficient (Wildman–Crippen LogP) is 4.62. The van der Waals surface area contributed by atoms with E-state index >= 15 is 0 Å². The van der Waals surface area contributed by atoms with Crippen LogP contribution in [0.2, 0.25) is 12.1 Å². The zero-order valence-corrected chi connectivity index (χ0v) is 13.3. The highest BCUT2D eigenvalue weighted by Crippen LogP contribution is 2.29.